The van der Waals surface area contributed by atoms with Crippen LogP contribution < -0.4 is 32.1 Å². The van der Waals surface area contributed by atoms with Gasteiger partial charge in [0.05, 0.1) is 0 Å². The van der Waals surface area contributed by atoms with Gasteiger partial charge in [-0.15, -0.1) is 0 Å². The second-order valence-electron chi connectivity index (χ2n) is 7.43. The van der Waals surface area contributed by atoms with Crippen molar-refractivity contribution >= 4 is 23.2 Å². The Balaban J connectivity index is 1.42. The minimum absolute atomic E-state index is 0.0476. The predicted molar refractivity (Wildman–Crippen MR) is 105 cm³/mol. The SMILES string of the molecule is Nc1c(N2CCc3ccc(CNC(=O)[C@H]4CCCC(=O)N4)cc3C2)c(=O)c1=O. The molecule has 4 rings (SSSR count). The molecule has 1 saturated heterocycles. The zero-order chi connectivity index (χ0) is 19.8. The molecule has 0 radical (unpaired) electrons. The molecule has 8 nitrogen and oxygen atoms in total. The molecule has 0 spiro atoms. The lowest BCUT2D eigenvalue weighted by molar-refractivity contribution is -0.131. The van der Waals surface area contributed by atoms with Crippen LogP contribution in [0.2, 0.25) is 0 Å². The Morgan fingerprint density at radius 3 is 2.75 bits per heavy atom. The molecule has 0 aromatic heterocycles. The van der Waals surface area contributed by atoms with Crippen molar-refractivity contribution < 1.29 is 9.59 Å². The Morgan fingerprint density at radius 2 is 2.00 bits per heavy atom. The number of nitrogens with one attached hydrogen (secondary N) is 2. The number of anilines is 2. The monoisotopic (exact) mass is 382 g/mol. The van der Waals surface area contributed by atoms with Gasteiger partial charge in [0.15, 0.2) is 0 Å². The minimum Gasteiger partial charge on any atom is -0.394 e. The first-order chi connectivity index (χ1) is 13.4. The van der Waals surface area contributed by atoms with E-state index in [1.165, 1.54) is 5.56 Å². The Labute approximate surface area is 161 Å². The number of nitrogens with two attached hydrogens (primary N) is 1. The topological polar surface area (TPSA) is 122 Å². The van der Waals surface area contributed by atoms with Crippen LogP contribution in [0.4, 0.5) is 11.4 Å². The Kier molecular flexibility index (Phi) is 4.62. The van der Waals surface area contributed by atoms with E-state index in [4.69, 9.17) is 5.73 Å². The van der Waals surface area contributed by atoms with Crippen LogP contribution in [0.5, 0.6) is 0 Å². The summed E-state index contributed by atoms with van der Waals surface area (Å²) in [4.78, 5) is 48.7. The van der Waals surface area contributed by atoms with E-state index >= 15 is 0 Å². The van der Waals surface area contributed by atoms with Crippen molar-refractivity contribution in [1.29, 1.82) is 0 Å². The van der Waals surface area contributed by atoms with Crippen LogP contribution in [-0.2, 0) is 29.1 Å². The van der Waals surface area contributed by atoms with Gasteiger partial charge in [-0.25, -0.2) is 0 Å². The summed E-state index contributed by atoms with van der Waals surface area (Å²) in [5, 5.41) is 5.59. The van der Waals surface area contributed by atoms with E-state index in [-0.39, 0.29) is 17.5 Å². The predicted octanol–water partition coefficient (Wildman–Crippen LogP) is -0.288. The average Bonchev–Trinajstić information content (AvgIpc) is 2.71. The number of rotatable bonds is 4. The Bertz CT molecular complexity index is 1020. The van der Waals surface area contributed by atoms with Crippen molar-refractivity contribution in [1.82, 2.24) is 10.6 Å². The smallest absolute Gasteiger partial charge is 0.253 e. The molecule has 2 aromatic rings. The van der Waals surface area contributed by atoms with Gasteiger partial charge in [0.25, 0.3) is 10.9 Å². The van der Waals surface area contributed by atoms with E-state index in [1.54, 1.807) is 0 Å². The van der Waals surface area contributed by atoms with Crippen LogP contribution in [0.1, 0.15) is 36.0 Å². The number of hydrogen-bond donors (Lipinski definition) is 3. The molecular weight excluding hydrogens is 360 g/mol. The molecule has 28 heavy (non-hydrogen) atoms. The highest BCUT2D eigenvalue weighted by Crippen LogP contribution is 2.26. The van der Waals surface area contributed by atoms with E-state index in [1.807, 2.05) is 23.1 Å². The van der Waals surface area contributed by atoms with E-state index in [9.17, 15) is 19.2 Å². The van der Waals surface area contributed by atoms with E-state index < -0.39 is 16.9 Å². The molecule has 0 unspecified atom stereocenters. The summed E-state index contributed by atoms with van der Waals surface area (Å²) in [5.41, 5.74) is 8.11. The van der Waals surface area contributed by atoms with Gasteiger partial charge in [-0.1, -0.05) is 18.2 Å². The van der Waals surface area contributed by atoms with Crippen molar-refractivity contribution in [3.63, 3.8) is 0 Å². The average molecular weight is 382 g/mol. The molecule has 2 aliphatic rings. The van der Waals surface area contributed by atoms with Gasteiger partial charge in [0, 0.05) is 26.1 Å². The summed E-state index contributed by atoms with van der Waals surface area (Å²) in [6.45, 7) is 1.51. The number of nitrogens with zero attached hydrogens (tertiary/aromatic N) is 1. The van der Waals surface area contributed by atoms with Gasteiger partial charge >= 0.3 is 0 Å². The van der Waals surface area contributed by atoms with Crippen molar-refractivity contribution in [2.24, 2.45) is 0 Å². The Hall–Kier alpha value is -3.16. The molecule has 8 heteroatoms. The molecule has 2 aliphatic heterocycles. The first kappa shape index (κ1) is 18.2. The molecule has 0 bridgehead atoms. The molecule has 146 valence electrons. The highest BCUT2D eigenvalue weighted by atomic mass is 16.2. The lowest BCUT2D eigenvalue weighted by atomic mass is 9.96. The summed E-state index contributed by atoms with van der Waals surface area (Å²) >= 11 is 0. The van der Waals surface area contributed by atoms with Gasteiger partial charge in [-0.05, 0) is 36.0 Å². The van der Waals surface area contributed by atoms with Crippen molar-refractivity contribution in [3.8, 4) is 0 Å². The first-order valence-electron chi connectivity index (χ1n) is 9.45. The normalized spacial score (nSPS) is 19.2. The van der Waals surface area contributed by atoms with Crippen LogP contribution >= 0.6 is 0 Å². The largest absolute Gasteiger partial charge is 0.394 e. The summed E-state index contributed by atoms with van der Waals surface area (Å²) in [6, 6.07) is 5.54. The molecule has 4 N–H and O–H groups in total. The molecule has 1 atom stereocenters. The fourth-order valence-electron chi connectivity index (χ4n) is 3.94. The fourth-order valence-corrected chi connectivity index (χ4v) is 3.94. The number of carbonyl (C=O) groups excluding carboxylic acids is 2. The van der Waals surface area contributed by atoms with E-state index in [2.05, 4.69) is 10.6 Å². The maximum absolute atomic E-state index is 12.3. The summed E-state index contributed by atoms with van der Waals surface area (Å²) < 4.78 is 0. The molecule has 0 aliphatic carbocycles. The van der Waals surface area contributed by atoms with Crippen molar-refractivity contribution in [2.75, 3.05) is 17.2 Å². The standard InChI is InChI=1S/C20H22N4O4/c21-16-17(19(27)18(16)26)24-7-6-12-5-4-11(8-13(12)10-24)9-22-20(28)14-2-1-3-15(25)23-14/h4-5,8,14H,1-3,6-7,9-10,21H2,(H,22,28)(H,23,25)/t14-/m1/s1. The van der Waals surface area contributed by atoms with Crippen LogP contribution in [0.3, 0.4) is 0 Å². The van der Waals surface area contributed by atoms with E-state index in [0.717, 1.165) is 24.0 Å². The molecule has 2 aromatic carbocycles. The minimum atomic E-state index is -0.605. The third-order valence-corrected chi connectivity index (χ3v) is 5.54. The van der Waals surface area contributed by atoms with Crippen LogP contribution in [0.25, 0.3) is 0 Å². The van der Waals surface area contributed by atoms with Gasteiger partial charge in [0.1, 0.15) is 17.4 Å². The molecule has 2 amide bonds. The third kappa shape index (κ3) is 3.26. The molecular formula is C20H22N4O4. The number of fused-ring (bicyclic) bond motifs is 1. The second-order valence-corrected chi connectivity index (χ2v) is 7.43. The summed E-state index contributed by atoms with van der Waals surface area (Å²) in [6.07, 6.45) is 2.60. The van der Waals surface area contributed by atoms with Crippen molar-refractivity contribution in [2.45, 2.75) is 44.8 Å². The third-order valence-electron chi connectivity index (χ3n) is 5.54. The van der Waals surface area contributed by atoms with Crippen molar-refractivity contribution in [3.05, 3.63) is 55.3 Å². The second kappa shape index (κ2) is 7.10. The van der Waals surface area contributed by atoms with Crippen LogP contribution in [0.15, 0.2) is 27.8 Å². The number of hydrogen-bond acceptors (Lipinski definition) is 6. The van der Waals surface area contributed by atoms with Gasteiger partial charge in [-0.3, -0.25) is 19.2 Å². The molecule has 1 fully saturated rings. The number of amides is 2. The zero-order valence-corrected chi connectivity index (χ0v) is 15.4. The quantitative estimate of drug-likeness (QED) is 0.625. The maximum Gasteiger partial charge on any atom is 0.253 e. The molecule has 0 saturated carbocycles. The number of benzene rings is 1. The number of piperidine rings is 1. The lowest BCUT2D eigenvalue weighted by Gasteiger charge is -2.32. The highest BCUT2D eigenvalue weighted by Gasteiger charge is 2.27. The molecule has 2 heterocycles. The highest BCUT2D eigenvalue weighted by molar-refractivity contribution is 5.88. The first-order valence-corrected chi connectivity index (χ1v) is 9.45. The van der Waals surface area contributed by atoms with E-state index in [0.29, 0.717) is 38.2 Å². The van der Waals surface area contributed by atoms with Gasteiger partial charge in [0.2, 0.25) is 11.8 Å². The Morgan fingerprint density at radius 1 is 1.18 bits per heavy atom. The maximum atomic E-state index is 12.3. The summed E-state index contributed by atoms with van der Waals surface area (Å²) in [7, 11) is 0. The van der Waals surface area contributed by atoms with Gasteiger partial charge in [-0.2, -0.15) is 0 Å². The number of carbonyl (C=O) groups is 2. The summed E-state index contributed by atoms with van der Waals surface area (Å²) in [5.74, 6) is -0.262. The van der Waals surface area contributed by atoms with Gasteiger partial charge < -0.3 is 21.3 Å². The zero-order valence-electron chi connectivity index (χ0n) is 15.4. The van der Waals surface area contributed by atoms with Crippen LogP contribution in [0, 0.1) is 0 Å². The lowest BCUT2D eigenvalue weighted by Crippen LogP contribution is -2.48. The van der Waals surface area contributed by atoms with Crippen LogP contribution in [-0.4, -0.2) is 24.4 Å². The fraction of sp³-hybridized carbons (Fsp3) is 0.400. The number of nitrogen functional groups attached to an aromatic ring is 1.